The van der Waals surface area contributed by atoms with E-state index in [4.69, 9.17) is 23.7 Å². The minimum atomic E-state index is -0.780. The number of ketones is 1. The summed E-state index contributed by atoms with van der Waals surface area (Å²) in [5.74, 6) is -0.558. The zero-order valence-electron chi connectivity index (χ0n) is 20.9. The molecule has 192 valence electrons. The Bertz CT molecular complexity index is 1010. The fourth-order valence-corrected chi connectivity index (χ4v) is 3.01. The fraction of sp³-hybridized carbons (Fsp3) is 0.480. The van der Waals surface area contributed by atoms with Crippen molar-refractivity contribution in [3.05, 3.63) is 64.1 Å². The van der Waals surface area contributed by atoms with Crippen molar-refractivity contribution >= 4 is 11.9 Å². The lowest BCUT2D eigenvalue weighted by Gasteiger charge is -2.22. The second-order valence-corrected chi connectivity index (χ2v) is 8.62. The molecular weight excluding hydrogens is 456 g/mol. The molecule has 0 atom stereocenters. The van der Waals surface area contributed by atoms with Crippen LogP contribution in [0.3, 0.4) is 0 Å². The van der Waals surface area contributed by atoms with E-state index >= 15 is 0 Å². The highest BCUT2D eigenvalue weighted by atomic mass is 16.7. The summed E-state index contributed by atoms with van der Waals surface area (Å²) in [4.78, 5) is 38.2. The van der Waals surface area contributed by atoms with E-state index in [1.54, 1.807) is 20.8 Å². The average molecular weight is 491 g/mol. The molecule has 0 spiro atoms. The molecule has 0 unspecified atom stereocenters. The number of carbonyl (C=O) groups is 2. The molecule has 0 aliphatic carbocycles. The molecule has 1 N–H and O–H groups in total. The SMILES string of the molecule is COC(COCCCC(=O)c1c(OCc2ccccc2)c(=O)ccn1NC(=O)OC(C)(C)C)OC. The number of nitrogens with zero attached hydrogens (tertiary/aromatic N) is 1. The normalized spacial score (nSPS) is 11.4. The maximum absolute atomic E-state index is 13.2. The van der Waals surface area contributed by atoms with E-state index < -0.39 is 29.2 Å². The van der Waals surface area contributed by atoms with E-state index in [1.807, 2.05) is 30.3 Å². The Labute approximate surface area is 205 Å². The first-order chi connectivity index (χ1) is 16.6. The largest absolute Gasteiger partial charge is 0.483 e. The predicted octanol–water partition coefficient (Wildman–Crippen LogP) is 3.50. The third kappa shape index (κ3) is 9.51. The Balaban J connectivity index is 2.21. The van der Waals surface area contributed by atoms with Crippen LogP contribution in [0, 0.1) is 0 Å². The lowest BCUT2D eigenvalue weighted by atomic mass is 10.1. The summed E-state index contributed by atoms with van der Waals surface area (Å²) in [5.41, 5.74) is 2.01. The quantitative estimate of drug-likeness (QED) is 0.258. The van der Waals surface area contributed by atoms with Crippen molar-refractivity contribution in [3.8, 4) is 5.75 Å². The molecule has 1 heterocycles. The molecule has 0 saturated heterocycles. The number of aromatic nitrogens is 1. The van der Waals surface area contributed by atoms with Gasteiger partial charge in [0.2, 0.25) is 5.43 Å². The standard InChI is InChI=1S/C25H34N2O8/c1-25(2,3)35-24(30)26-27-14-13-20(29)23(34-16-18-10-7-6-8-11-18)22(27)19(28)12-9-15-33-17-21(31-4)32-5/h6-8,10-11,13-14,21H,9,12,15-17H2,1-5H3,(H,26,30). The summed E-state index contributed by atoms with van der Waals surface area (Å²) in [5, 5.41) is 0. The lowest BCUT2D eigenvalue weighted by molar-refractivity contribution is -0.140. The minimum absolute atomic E-state index is 0.0474. The molecule has 0 aliphatic rings. The van der Waals surface area contributed by atoms with Gasteiger partial charge in [0.1, 0.15) is 12.2 Å². The molecular formula is C25H34N2O8. The number of hydrogen-bond acceptors (Lipinski definition) is 8. The van der Waals surface area contributed by atoms with E-state index in [0.29, 0.717) is 6.42 Å². The number of methoxy groups -OCH3 is 2. The van der Waals surface area contributed by atoms with Crippen molar-refractivity contribution in [2.24, 2.45) is 0 Å². The number of nitrogens with one attached hydrogen (secondary N) is 1. The van der Waals surface area contributed by atoms with Gasteiger partial charge in [-0.3, -0.25) is 14.3 Å². The van der Waals surface area contributed by atoms with Gasteiger partial charge in [-0.05, 0) is 32.8 Å². The predicted molar refractivity (Wildman–Crippen MR) is 129 cm³/mol. The summed E-state index contributed by atoms with van der Waals surface area (Å²) in [6.45, 7) is 5.71. The van der Waals surface area contributed by atoms with Crippen LogP contribution in [0.15, 0.2) is 47.4 Å². The highest BCUT2D eigenvalue weighted by Crippen LogP contribution is 2.18. The second kappa shape index (κ2) is 13.6. The molecule has 0 aliphatic heterocycles. The summed E-state index contributed by atoms with van der Waals surface area (Å²) in [7, 11) is 3.01. The van der Waals surface area contributed by atoms with Gasteiger partial charge >= 0.3 is 6.09 Å². The molecule has 2 rings (SSSR count). The van der Waals surface area contributed by atoms with E-state index in [0.717, 1.165) is 10.2 Å². The molecule has 0 bridgehead atoms. The first kappa shape index (κ1) is 28.0. The lowest BCUT2D eigenvalue weighted by Crippen LogP contribution is -2.34. The summed E-state index contributed by atoms with van der Waals surface area (Å²) >= 11 is 0. The molecule has 35 heavy (non-hydrogen) atoms. The number of benzene rings is 1. The van der Waals surface area contributed by atoms with Crippen LogP contribution in [0.4, 0.5) is 4.79 Å². The van der Waals surface area contributed by atoms with Crippen molar-refractivity contribution in [2.45, 2.75) is 52.1 Å². The smallest absolute Gasteiger partial charge is 0.426 e. The Kier molecular flexibility index (Phi) is 10.9. The number of hydrogen-bond donors (Lipinski definition) is 1. The third-order valence-corrected chi connectivity index (χ3v) is 4.63. The van der Waals surface area contributed by atoms with Gasteiger partial charge in [0.25, 0.3) is 0 Å². The van der Waals surface area contributed by atoms with E-state index in [2.05, 4.69) is 5.43 Å². The Morgan fingerprint density at radius 1 is 1.06 bits per heavy atom. The van der Waals surface area contributed by atoms with Gasteiger partial charge in [0.05, 0.1) is 6.61 Å². The summed E-state index contributed by atoms with van der Waals surface area (Å²) in [6, 6.07) is 10.4. The van der Waals surface area contributed by atoms with Crippen LogP contribution in [-0.2, 0) is 25.6 Å². The molecule has 10 nitrogen and oxygen atoms in total. The van der Waals surface area contributed by atoms with Gasteiger partial charge < -0.3 is 23.7 Å². The highest BCUT2D eigenvalue weighted by Gasteiger charge is 2.23. The van der Waals surface area contributed by atoms with Crippen molar-refractivity contribution in [3.63, 3.8) is 0 Å². The first-order valence-electron chi connectivity index (χ1n) is 11.2. The maximum Gasteiger partial charge on any atom is 0.426 e. The molecule has 0 saturated carbocycles. The number of carbonyl (C=O) groups excluding carboxylic acids is 2. The van der Waals surface area contributed by atoms with Crippen LogP contribution in [0.2, 0.25) is 0 Å². The van der Waals surface area contributed by atoms with Gasteiger partial charge in [0, 0.05) is 39.5 Å². The fourth-order valence-electron chi connectivity index (χ4n) is 3.01. The monoisotopic (exact) mass is 490 g/mol. The van der Waals surface area contributed by atoms with E-state index in [-0.39, 0.29) is 37.7 Å². The molecule has 1 amide bonds. The van der Waals surface area contributed by atoms with Crippen LogP contribution >= 0.6 is 0 Å². The Morgan fingerprint density at radius 2 is 1.74 bits per heavy atom. The number of pyridine rings is 1. The Hall–Kier alpha value is -3.21. The zero-order valence-corrected chi connectivity index (χ0v) is 20.9. The summed E-state index contributed by atoms with van der Waals surface area (Å²) in [6.07, 6.45) is 0.435. The highest BCUT2D eigenvalue weighted by molar-refractivity contribution is 5.97. The average Bonchev–Trinajstić information content (AvgIpc) is 2.80. The first-order valence-corrected chi connectivity index (χ1v) is 11.2. The number of rotatable bonds is 13. The molecule has 2 aromatic rings. The summed E-state index contributed by atoms with van der Waals surface area (Å²) < 4.78 is 27.8. The zero-order chi connectivity index (χ0) is 25.8. The van der Waals surface area contributed by atoms with Crippen molar-refractivity contribution in [1.29, 1.82) is 0 Å². The number of ether oxygens (including phenoxy) is 5. The molecule has 0 radical (unpaired) electrons. The topological polar surface area (TPSA) is 114 Å². The Morgan fingerprint density at radius 3 is 2.37 bits per heavy atom. The minimum Gasteiger partial charge on any atom is -0.483 e. The molecule has 1 aromatic carbocycles. The molecule has 0 fully saturated rings. The second-order valence-electron chi connectivity index (χ2n) is 8.62. The van der Waals surface area contributed by atoms with Gasteiger partial charge in [-0.1, -0.05) is 30.3 Å². The number of amides is 1. The van der Waals surface area contributed by atoms with Gasteiger partial charge in [-0.2, -0.15) is 0 Å². The number of Topliss-reactive ketones (excluding diaryl/α,β-unsaturated/α-hetero) is 1. The molecule has 10 heteroatoms. The van der Waals surface area contributed by atoms with Crippen LogP contribution in [0.5, 0.6) is 5.75 Å². The third-order valence-electron chi connectivity index (χ3n) is 4.63. The van der Waals surface area contributed by atoms with E-state index in [1.165, 1.54) is 26.5 Å². The van der Waals surface area contributed by atoms with Gasteiger partial charge in [-0.25, -0.2) is 10.2 Å². The van der Waals surface area contributed by atoms with Crippen LogP contribution in [0.1, 0.15) is 49.7 Å². The molecule has 1 aromatic heterocycles. The van der Waals surface area contributed by atoms with E-state index in [9.17, 15) is 14.4 Å². The van der Waals surface area contributed by atoms with Crippen molar-refractivity contribution in [2.75, 3.05) is 32.9 Å². The van der Waals surface area contributed by atoms with Crippen LogP contribution in [-0.4, -0.2) is 55.9 Å². The van der Waals surface area contributed by atoms with Crippen LogP contribution in [0.25, 0.3) is 0 Å². The van der Waals surface area contributed by atoms with Crippen LogP contribution < -0.4 is 15.6 Å². The van der Waals surface area contributed by atoms with Gasteiger partial charge in [-0.15, -0.1) is 0 Å². The maximum atomic E-state index is 13.2. The van der Waals surface area contributed by atoms with Gasteiger partial charge in [0.15, 0.2) is 23.5 Å². The van der Waals surface area contributed by atoms with Crippen molar-refractivity contribution in [1.82, 2.24) is 4.68 Å². The van der Waals surface area contributed by atoms with Crippen molar-refractivity contribution < 1.29 is 33.3 Å².